The van der Waals surface area contributed by atoms with Gasteiger partial charge in [0.25, 0.3) is 0 Å². The number of hydrogen-bond acceptors (Lipinski definition) is 3. The summed E-state index contributed by atoms with van der Waals surface area (Å²) in [6.07, 6.45) is 4.73. The lowest BCUT2D eigenvalue weighted by molar-refractivity contribution is -0.111. The molecule has 0 aliphatic heterocycles. The fraction of sp³-hybridized carbons (Fsp3) is 0.0769. The van der Waals surface area contributed by atoms with Gasteiger partial charge in [0.05, 0.1) is 0 Å². The van der Waals surface area contributed by atoms with E-state index in [4.69, 9.17) is 4.42 Å². The van der Waals surface area contributed by atoms with E-state index in [1.54, 1.807) is 24.4 Å². The average molecular weight is 354 g/mol. The zero-order chi connectivity index (χ0) is 13.0. The van der Waals surface area contributed by atoms with Gasteiger partial charge in [-0.1, -0.05) is 6.07 Å². The standard InChI is InChI=1S/C13H11IN2O2/c1-9-2-6-12(15-8-9)16-13(17)7-4-10-3-5-11(14)18-10/h2-8H,1H3,(H,15,16,17)/b7-4+. The summed E-state index contributed by atoms with van der Waals surface area (Å²) in [7, 11) is 0. The number of hydrogen-bond donors (Lipinski definition) is 1. The predicted molar refractivity (Wildman–Crippen MR) is 78.1 cm³/mol. The molecule has 0 bridgehead atoms. The van der Waals surface area contributed by atoms with Crippen LogP contribution in [-0.2, 0) is 4.79 Å². The first kappa shape index (κ1) is 12.8. The second kappa shape index (κ2) is 5.81. The maximum atomic E-state index is 11.6. The smallest absolute Gasteiger partial charge is 0.249 e. The highest BCUT2D eigenvalue weighted by Gasteiger charge is 2.00. The largest absolute Gasteiger partial charge is 0.451 e. The summed E-state index contributed by atoms with van der Waals surface area (Å²) in [4.78, 5) is 15.7. The van der Waals surface area contributed by atoms with E-state index in [0.29, 0.717) is 11.6 Å². The van der Waals surface area contributed by atoms with Crippen LogP contribution >= 0.6 is 22.6 Å². The molecule has 0 aromatic carbocycles. The van der Waals surface area contributed by atoms with Gasteiger partial charge in [0.15, 0.2) is 3.77 Å². The third-order valence-corrected chi connectivity index (χ3v) is 2.74. The van der Waals surface area contributed by atoms with Gasteiger partial charge in [-0.3, -0.25) is 4.79 Å². The highest BCUT2D eigenvalue weighted by Crippen LogP contribution is 2.11. The van der Waals surface area contributed by atoms with Crippen LogP contribution in [0.4, 0.5) is 5.82 Å². The van der Waals surface area contributed by atoms with E-state index in [9.17, 15) is 4.79 Å². The number of nitrogens with one attached hydrogen (secondary N) is 1. The number of amides is 1. The fourth-order valence-corrected chi connectivity index (χ4v) is 1.72. The molecule has 0 unspecified atom stereocenters. The number of nitrogens with zero attached hydrogens (tertiary/aromatic N) is 1. The molecule has 18 heavy (non-hydrogen) atoms. The van der Waals surface area contributed by atoms with Crippen molar-refractivity contribution in [3.63, 3.8) is 0 Å². The Balaban J connectivity index is 1.96. The van der Waals surface area contributed by atoms with Crippen LogP contribution in [0, 0.1) is 10.7 Å². The summed E-state index contributed by atoms with van der Waals surface area (Å²) in [6.45, 7) is 1.94. The fourth-order valence-electron chi connectivity index (χ4n) is 1.29. The van der Waals surface area contributed by atoms with E-state index in [1.807, 2.05) is 19.1 Å². The van der Waals surface area contributed by atoms with Crippen molar-refractivity contribution in [1.29, 1.82) is 0 Å². The maximum Gasteiger partial charge on any atom is 0.249 e. The molecule has 2 aromatic heterocycles. The second-order valence-corrected chi connectivity index (χ2v) is 4.75. The van der Waals surface area contributed by atoms with Crippen molar-refractivity contribution in [3.8, 4) is 0 Å². The van der Waals surface area contributed by atoms with Gasteiger partial charge in [-0.05, 0) is 59.4 Å². The second-order valence-electron chi connectivity index (χ2n) is 3.69. The Kier molecular flexibility index (Phi) is 4.14. The molecule has 5 heteroatoms. The van der Waals surface area contributed by atoms with Crippen molar-refractivity contribution in [2.24, 2.45) is 0 Å². The summed E-state index contributed by atoms with van der Waals surface area (Å²) < 4.78 is 6.09. The number of furan rings is 1. The van der Waals surface area contributed by atoms with Crippen LogP contribution < -0.4 is 5.32 Å². The highest BCUT2D eigenvalue weighted by molar-refractivity contribution is 14.1. The van der Waals surface area contributed by atoms with Crippen molar-refractivity contribution >= 4 is 40.4 Å². The third-order valence-electron chi connectivity index (χ3n) is 2.16. The van der Waals surface area contributed by atoms with Crippen molar-refractivity contribution in [2.45, 2.75) is 6.92 Å². The van der Waals surface area contributed by atoms with Crippen LogP contribution in [0.5, 0.6) is 0 Å². The molecule has 0 saturated heterocycles. The van der Waals surface area contributed by atoms with E-state index in [1.165, 1.54) is 6.08 Å². The Hall–Kier alpha value is -1.63. The Morgan fingerprint density at radius 2 is 2.22 bits per heavy atom. The molecular formula is C13H11IN2O2. The molecular weight excluding hydrogens is 343 g/mol. The zero-order valence-corrected chi connectivity index (χ0v) is 11.8. The summed E-state index contributed by atoms with van der Waals surface area (Å²) in [5.41, 5.74) is 1.05. The van der Waals surface area contributed by atoms with Gasteiger partial charge in [-0.25, -0.2) is 4.98 Å². The predicted octanol–water partition coefficient (Wildman–Crippen LogP) is 3.24. The van der Waals surface area contributed by atoms with Gasteiger partial charge in [0.1, 0.15) is 11.6 Å². The maximum absolute atomic E-state index is 11.6. The molecule has 2 heterocycles. The van der Waals surface area contributed by atoms with Gasteiger partial charge in [-0.2, -0.15) is 0 Å². The number of carbonyl (C=O) groups excluding carboxylic acids is 1. The minimum atomic E-state index is -0.238. The van der Waals surface area contributed by atoms with Crippen LogP contribution in [-0.4, -0.2) is 10.9 Å². The first-order chi connectivity index (χ1) is 8.63. The molecule has 1 N–H and O–H groups in total. The van der Waals surface area contributed by atoms with Gasteiger partial charge in [-0.15, -0.1) is 0 Å². The minimum Gasteiger partial charge on any atom is -0.451 e. The number of halogens is 1. The first-order valence-corrected chi connectivity index (χ1v) is 6.38. The van der Waals surface area contributed by atoms with Crippen LogP contribution in [0.2, 0.25) is 0 Å². The van der Waals surface area contributed by atoms with E-state index in [0.717, 1.165) is 9.33 Å². The van der Waals surface area contributed by atoms with Crippen LogP contribution in [0.25, 0.3) is 6.08 Å². The summed E-state index contributed by atoms with van der Waals surface area (Å²) in [5.74, 6) is 0.938. The number of rotatable bonds is 3. The van der Waals surface area contributed by atoms with Crippen molar-refractivity contribution in [3.05, 3.63) is 51.6 Å². The summed E-state index contributed by atoms with van der Waals surface area (Å²) in [5, 5.41) is 2.67. The molecule has 0 aliphatic rings. The number of aryl methyl sites for hydroxylation is 1. The molecule has 0 radical (unpaired) electrons. The van der Waals surface area contributed by atoms with Crippen molar-refractivity contribution < 1.29 is 9.21 Å². The highest BCUT2D eigenvalue weighted by atomic mass is 127. The summed E-state index contributed by atoms with van der Waals surface area (Å²) in [6, 6.07) is 7.29. The molecule has 0 spiro atoms. The lowest BCUT2D eigenvalue weighted by atomic mass is 10.3. The van der Waals surface area contributed by atoms with E-state index >= 15 is 0 Å². The Bertz CT molecular complexity index is 573. The van der Waals surface area contributed by atoms with E-state index in [2.05, 4.69) is 32.9 Å². The van der Waals surface area contributed by atoms with Gasteiger partial charge < -0.3 is 9.73 Å². The molecule has 92 valence electrons. The monoisotopic (exact) mass is 354 g/mol. The zero-order valence-electron chi connectivity index (χ0n) is 9.68. The van der Waals surface area contributed by atoms with Crippen molar-refractivity contribution in [1.82, 2.24) is 4.98 Å². The molecule has 2 rings (SSSR count). The van der Waals surface area contributed by atoms with Gasteiger partial charge in [0.2, 0.25) is 5.91 Å². The lowest BCUT2D eigenvalue weighted by Gasteiger charge is -2.00. The molecule has 2 aromatic rings. The first-order valence-electron chi connectivity index (χ1n) is 5.30. The Labute approximate surface area is 118 Å². The average Bonchev–Trinajstić information content (AvgIpc) is 2.76. The van der Waals surface area contributed by atoms with Crippen LogP contribution in [0.15, 0.2) is 41.0 Å². The normalized spacial score (nSPS) is 10.8. The molecule has 0 aliphatic carbocycles. The van der Waals surface area contributed by atoms with Gasteiger partial charge >= 0.3 is 0 Å². The quantitative estimate of drug-likeness (QED) is 0.680. The SMILES string of the molecule is Cc1ccc(NC(=O)/C=C/c2ccc(I)o2)nc1. The Morgan fingerprint density at radius 1 is 1.39 bits per heavy atom. The van der Waals surface area contributed by atoms with Crippen LogP contribution in [0.1, 0.15) is 11.3 Å². The Morgan fingerprint density at radius 3 is 2.83 bits per heavy atom. The molecule has 0 fully saturated rings. The molecule has 1 amide bonds. The third kappa shape index (κ3) is 3.69. The molecule has 0 atom stereocenters. The number of carbonyl (C=O) groups is 1. The molecule has 0 saturated carbocycles. The number of anilines is 1. The van der Waals surface area contributed by atoms with Crippen LogP contribution in [0.3, 0.4) is 0 Å². The minimum absolute atomic E-state index is 0.238. The number of aromatic nitrogens is 1. The van der Waals surface area contributed by atoms with E-state index in [-0.39, 0.29) is 5.91 Å². The topological polar surface area (TPSA) is 55.1 Å². The lowest BCUT2D eigenvalue weighted by Crippen LogP contribution is -2.08. The van der Waals surface area contributed by atoms with E-state index < -0.39 is 0 Å². The van der Waals surface area contributed by atoms with Gasteiger partial charge in [0, 0.05) is 12.3 Å². The van der Waals surface area contributed by atoms with Crippen molar-refractivity contribution in [2.75, 3.05) is 5.32 Å². The number of pyridine rings is 1. The molecule has 4 nitrogen and oxygen atoms in total. The summed E-state index contributed by atoms with van der Waals surface area (Å²) >= 11 is 2.07.